The highest BCUT2D eigenvalue weighted by molar-refractivity contribution is 5.84. The quantitative estimate of drug-likeness (QED) is 0.418. The Kier molecular flexibility index (Phi) is 2.02. The van der Waals surface area contributed by atoms with Crippen LogP contribution in [-0.4, -0.2) is 12.3 Å². The summed E-state index contributed by atoms with van der Waals surface area (Å²) in [6, 6.07) is 7.01. The van der Waals surface area contributed by atoms with Crippen LogP contribution in [0.2, 0.25) is 0 Å². The summed E-state index contributed by atoms with van der Waals surface area (Å²) >= 11 is 0. The van der Waals surface area contributed by atoms with Crippen LogP contribution in [0.15, 0.2) is 29.4 Å². The molecule has 14 heavy (non-hydrogen) atoms. The van der Waals surface area contributed by atoms with E-state index in [4.69, 9.17) is 5.73 Å². The average Bonchev–Trinajstić information content (AvgIpc) is 2.48. The Balaban J connectivity index is 2.40. The van der Waals surface area contributed by atoms with Crippen LogP contribution in [0.25, 0.3) is 0 Å². The van der Waals surface area contributed by atoms with Crippen LogP contribution in [0.5, 0.6) is 0 Å². The molecule has 2 N–H and O–H groups in total. The number of quaternary nitrogens is 1. The lowest BCUT2D eigenvalue weighted by molar-refractivity contribution is 0.430. The summed E-state index contributed by atoms with van der Waals surface area (Å²) in [5.41, 5.74) is 7.75. The smallest absolute Gasteiger partial charge is 0.161 e. The van der Waals surface area contributed by atoms with Gasteiger partial charge in [-0.3, -0.25) is 0 Å². The first-order chi connectivity index (χ1) is 6.60. The third-order valence-electron chi connectivity index (χ3n) is 2.38. The van der Waals surface area contributed by atoms with E-state index < -0.39 is 4.76 Å². The zero-order chi connectivity index (χ0) is 10.2. The number of rotatable bonds is 1. The molecule has 1 heterocycles. The van der Waals surface area contributed by atoms with Crippen molar-refractivity contribution >= 4 is 17.1 Å². The van der Waals surface area contributed by atoms with Crippen LogP contribution >= 0.6 is 0 Å². The number of anilines is 1. The topological polar surface area (TPSA) is 61.4 Å². The molecule has 0 saturated heterocycles. The highest BCUT2D eigenvalue weighted by Gasteiger charge is 2.26. The first-order valence-electron chi connectivity index (χ1n) is 4.61. The largest absolute Gasteiger partial charge is 0.599 e. The van der Waals surface area contributed by atoms with E-state index in [1.807, 2.05) is 6.92 Å². The zero-order valence-electron chi connectivity index (χ0n) is 8.10. The maximum absolute atomic E-state index is 12.2. The molecule has 1 atom stereocenters. The standard InChI is InChI=1S/C10H13N3O/c1-8-5-6-13(14,12-8)10-4-2-3-9(11)7-10/h2-4,7H,5-6,11H2,1H3. The van der Waals surface area contributed by atoms with Gasteiger partial charge in [0.15, 0.2) is 5.69 Å². The average molecular weight is 191 g/mol. The van der Waals surface area contributed by atoms with Gasteiger partial charge in [0, 0.05) is 24.2 Å². The minimum Gasteiger partial charge on any atom is -0.599 e. The lowest BCUT2D eigenvalue weighted by Gasteiger charge is -2.31. The van der Waals surface area contributed by atoms with Crippen LogP contribution in [0.4, 0.5) is 11.4 Å². The lowest BCUT2D eigenvalue weighted by Crippen LogP contribution is -2.34. The summed E-state index contributed by atoms with van der Waals surface area (Å²) in [7, 11) is 0. The molecular weight excluding hydrogens is 178 g/mol. The third-order valence-corrected chi connectivity index (χ3v) is 2.38. The SMILES string of the molecule is CC1=N[N+]([O-])(c2cccc(N)c2)CC1. The molecule has 0 spiro atoms. The Bertz CT molecular complexity index is 389. The van der Waals surface area contributed by atoms with E-state index in [0.717, 1.165) is 12.1 Å². The molecule has 0 fully saturated rings. The van der Waals surface area contributed by atoms with Gasteiger partial charge in [0.25, 0.3) is 0 Å². The monoisotopic (exact) mass is 191 g/mol. The van der Waals surface area contributed by atoms with E-state index in [-0.39, 0.29) is 0 Å². The van der Waals surface area contributed by atoms with Crippen molar-refractivity contribution in [1.29, 1.82) is 0 Å². The van der Waals surface area contributed by atoms with E-state index in [9.17, 15) is 5.21 Å². The van der Waals surface area contributed by atoms with Crippen molar-refractivity contribution in [3.63, 3.8) is 0 Å². The van der Waals surface area contributed by atoms with Gasteiger partial charge in [0.05, 0.1) is 5.71 Å². The predicted molar refractivity (Wildman–Crippen MR) is 58.6 cm³/mol. The van der Waals surface area contributed by atoms with Crippen molar-refractivity contribution in [2.75, 3.05) is 12.3 Å². The molecule has 0 aromatic heterocycles. The molecule has 1 aliphatic rings. The van der Waals surface area contributed by atoms with Gasteiger partial charge in [-0.25, -0.2) is 0 Å². The minimum atomic E-state index is -0.614. The van der Waals surface area contributed by atoms with Gasteiger partial charge in [0.1, 0.15) is 6.54 Å². The molecule has 0 aliphatic carbocycles. The third kappa shape index (κ3) is 1.49. The molecule has 1 aromatic carbocycles. The summed E-state index contributed by atoms with van der Waals surface area (Å²) in [6.45, 7) is 2.36. The number of hydrogen-bond donors (Lipinski definition) is 1. The maximum Gasteiger partial charge on any atom is 0.161 e. The normalized spacial score (nSPS) is 26.3. The molecule has 4 heteroatoms. The van der Waals surface area contributed by atoms with Gasteiger partial charge in [-0.15, -0.1) is 0 Å². The van der Waals surface area contributed by atoms with Gasteiger partial charge in [-0.05, 0) is 13.0 Å². The first-order valence-corrected chi connectivity index (χ1v) is 4.61. The summed E-state index contributed by atoms with van der Waals surface area (Å²) in [6.07, 6.45) is 0.762. The maximum atomic E-state index is 12.2. The van der Waals surface area contributed by atoms with Crippen LogP contribution in [-0.2, 0) is 0 Å². The summed E-state index contributed by atoms with van der Waals surface area (Å²) < 4.78 is -0.614. The van der Waals surface area contributed by atoms with Crippen molar-refractivity contribution in [3.8, 4) is 0 Å². The fourth-order valence-electron chi connectivity index (χ4n) is 1.62. The highest BCUT2D eigenvalue weighted by atomic mass is 16.6. The Labute approximate surface area is 82.8 Å². The second kappa shape index (κ2) is 3.08. The van der Waals surface area contributed by atoms with E-state index in [1.54, 1.807) is 24.3 Å². The Morgan fingerprint density at radius 1 is 1.50 bits per heavy atom. The zero-order valence-corrected chi connectivity index (χ0v) is 8.10. The summed E-state index contributed by atoms with van der Waals surface area (Å²) in [5, 5.41) is 16.2. The van der Waals surface area contributed by atoms with Crippen LogP contribution in [0.1, 0.15) is 13.3 Å². The fraction of sp³-hybridized carbons (Fsp3) is 0.300. The Morgan fingerprint density at radius 3 is 2.86 bits per heavy atom. The second-order valence-electron chi connectivity index (χ2n) is 3.61. The van der Waals surface area contributed by atoms with Gasteiger partial charge in [-0.2, -0.15) is 4.76 Å². The van der Waals surface area contributed by atoms with Gasteiger partial charge in [0.2, 0.25) is 0 Å². The number of hydrogen-bond acceptors (Lipinski definition) is 3. The molecule has 1 aliphatic heterocycles. The molecule has 0 radical (unpaired) electrons. The molecule has 74 valence electrons. The number of nitrogen functional groups attached to an aromatic ring is 1. The van der Waals surface area contributed by atoms with Crippen molar-refractivity contribution in [2.24, 2.45) is 5.10 Å². The molecular formula is C10H13N3O. The van der Waals surface area contributed by atoms with E-state index in [0.29, 0.717) is 17.9 Å². The molecule has 0 saturated carbocycles. The first kappa shape index (κ1) is 9.18. The fourth-order valence-corrected chi connectivity index (χ4v) is 1.62. The summed E-state index contributed by atoms with van der Waals surface area (Å²) in [5.74, 6) is 0. The number of hydroxylamine groups is 1. The Hall–Kier alpha value is -1.39. The number of benzene rings is 1. The van der Waals surface area contributed by atoms with Crippen molar-refractivity contribution in [1.82, 2.24) is 4.76 Å². The van der Waals surface area contributed by atoms with Gasteiger partial charge >= 0.3 is 0 Å². The molecule has 0 amide bonds. The molecule has 1 aromatic rings. The van der Waals surface area contributed by atoms with E-state index in [2.05, 4.69) is 5.10 Å². The molecule has 0 bridgehead atoms. The van der Waals surface area contributed by atoms with Gasteiger partial charge in [-0.1, -0.05) is 11.2 Å². The van der Waals surface area contributed by atoms with Crippen LogP contribution in [0.3, 0.4) is 0 Å². The Morgan fingerprint density at radius 2 is 2.29 bits per heavy atom. The second-order valence-corrected chi connectivity index (χ2v) is 3.61. The van der Waals surface area contributed by atoms with Crippen molar-refractivity contribution in [2.45, 2.75) is 13.3 Å². The molecule has 1 unspecified atom stereocenters. The number of nitrogens with zero attached hydrogens (tertiary/aromatic N) is 2. The van der Waals surface area contributed by atoms with E-state index >= 15 is 0 Å². The molecule has 2 rings (SSSR count). The lowest BCUT2D eigenvalue weighted by atomic mass is 10.2. The predicted octanol–water partition coefficient (Wildman–Crippen LogP) is 1.85. The highest BCUT2D eigenvalue weighted by Crippen LogP contribution is 2.28. The summed E-state index contributed by atoms with van der Waals surface area (Å²) in [4.78, 5) is 0. The van der Waals surface area contributed by atoms with Crippen molar-refractivity contribution in [3.05, 3.63) is 29.5 Å². The number of nitrogens with two attached hydrogens (primary N) is 1. The van der Waals surface area contributed by atoms with Crippen LogP contribution < -0.4 is 10.5 Å². The van der Waals surface area contributed by atoms with Crippen molar-refractivity contribution < 1.29 is 0 Å². The van der Waals surface area contributed by atoms with Gasteiger partial charge < -0.3 is 10.9 Å². The molecule has 4 nitrogen and oxygen atoms in total. The minimum absolute atomic E-state index is 0.481. The van der Waals surface area contributed by atoms with E-state index in [1.165, 1.54) is 0 Å². The van der Waals surface area contributed by atoms with Crippen LogP contribution in [0, 0.1) is 5.21 Å².